The number of methoxy groups -OCH3 is 1. The monoisotopic (exact) mass is 214 g/mol. The van der Waals surface area contributed by atoms with Gasteiger partial charge in [-0.2, -0.15) is 0 Å². The summed E-state index contributed by atoms with van der Waals surface area (Å²) in [7, 11) is 1.46. The zero-order valence-electron chi connectivity index (χ0n) is 8.56. The summed E-state index contributed by atoms with van der Waals surface area (Å²) < 4.78 is 10.2. The first kappa shape index (κ1) is 10.4. The Kier molecular flexibility index (Phi) is 2.88. The van der Waals surface area contributed by atoms with E-state index in [2.05, 4.69) is 5.32 Å². The standard InChI is InChI=1S/C9H14N2O4/c1-14-7-4-10-9(13)11(8(7)12)6-2-3-15-5-6/h6-7H,2-5H2,1H3,(H,10,13). The normalized spacial score (nSPS) is 31.9. The van der Waals surface area contributed by atoms with Crippen LogP contribution in [0.25, 0.3) is 0 Å². The third-order valence-electron chi connectivity index (χ3n) is 2.73. The van der Waals surface area contributed by atoms with Gasteiger partial charge in [0.15, 0.2) is 6.10 Å². The number of nitrogens with one attached hydrogen (secondary N) is 1. The molecule has 0 saturated carbocycles. The van der Waals surface area contributed by atoms with Gasteiger partial charge in [-0.05, 0) is 6.42 Å². The van der Waals surface area contributed by atoms with Crippen molar-refractivity contribution >= 4 is 11.9 Å². The van der Waals surface area contributed by atoms with Gasteiger partial charge in [0, 0.05) is 13.7 Å². The van der Waals surface area contributed by atoms with Crippen LogP contribution in [0.5, 0.6) is 0 Å². The van der Waals surface area contributed by atoms with Crippen molar-refractivity contribution in [2.45, 2.75) is 18.6 Å². The van der Waals surface area contributed by atoms with E-state index in [0.29, 0.717) is 19.6 Å². The Morgan fingerprint density at radius 1 is 1.53 bits per heavy atom. The highest BCUT2D eigenvalue weighted by Gasteiger charge is 2.39. The number of carbonyl (C=O) groups excluding carboxylic acids is 2. The van der Waals surface area contributed by atoms with E-state index in [1.807, 2.05) is 0 Å². The number of imide groups is 1. The molecule has 0 aromatic carbocycles. The summed E-state index contributed by atoms with van der Waals surface area (Å²) in [5.74, 6) is -0.267. The molecule has 1 N–H and O–H groups in total. The van der Waals surface area contributed by atoms with Crippen LogP contribution in [0.4, 0.5) is 4.79 Å². The lowest BCUT2D eigenvalue weighted by atomic mass is 10.1. The van der Waals surface area contributed by atoms with E-state index in [1.165, 1.54) is 12.0 Å². The fourth-order valence-electron chi connectivity index (χ4n) is 1.86. The van der Waals surface area contributed by atoms with E-state index in [9.17, 15) is 9.59 Å². The molecule has 0 bridgehead atoms. The Morgan fingerprint density at radius 3 is 2.93 bits per heavy atom. The summed E-state index contributed by atoms with van der Waals surface area (Å²) in [6.07, 6.45) is 0.138. The summed E-state index contributed by atoms with van der Waals surface area (Å²) in [4.78, 5) is 24.6. The summed E-state index contributed by atoms with van der Waals surface area (Å²) >= 11 is 0. The van der Waals surface area contributed by atoms with Crippen molar-refractivity contribution in [3.8, 4) is 0 Å². The van der Waals surface area contributed by atoms with Gasteiger partial charge in [0.05, 0.1) is 19.2 Å². The number of hydrogen-bond donors (Lipinski definition) is 1. The van der Waals surface area contributed by atoms with E-state index in [4.69, 9.17) is 9.47 Å². The first-order chi connectivity index (χ1) is 7.24. The minimum Gasteiger partial charge on any atom is -0.379 e. The number of rotatable bonds is 2. The van der Waals surface area contributed by atoms with Crippen LogP contribution in [0.15, 0.2) is 0 Å². The van der Waals surface area contributed by atoms with Crippen LogP contribution in [0, 0.1) is 0 Å². The first-order valence-corrected chi connectivity index (χ1v) is 4.95. The van der Waals surface area contributed by atoms with Crippen molar-refractivity contribution < 1.29 is 19.1 Å². The molecule has 0 spiro atoms. The minimum atomic E-state index is -0.566. The highest BCUT2D eigenvalue weighted by molar-refractivity contribution is 5.99. The van der Waals surface area contributed by atoms with Gasteiger partial charge in [0.1, 0.15) is 0 Å². The van der Waals surface area contributed by atoms with Crippen molar-refractivity contribution in [1.29, 1.82) is 0 Å². The molecule has 0 aliphatic carbocycles. The van der Waals surface area contributed by atoms with Gasteiger partial charge in [0.2, 0.25) is 0 Å². The third kappa shape index (κ3) is 1.82. The van der Waals surface area contributed by atoms with Gasteiger partial charge in [0.25, 0.3) is 5.91 Å². The summed E-state index contributed by atoms with van der Waals surface area (Å²) in [5.41, 5.74) is 0. The lowest BCUT2D eigenvalue weighted by molar-refractivity contribution is -0.142. The quantitative estimate of drug-likeness (QED) is 0.662. The fourth-order valence-corrected chi connectivity index (χ4v) is 1.86. The summed E-state index contributed by atoms with van der Waals surface area (Å²) in [6, 6.07) is -0.487. The van der Waals surface area contributed by atoms with Crippen molar-refractivity contribution in [2.24, 2.45) is 0 Å². The molecule has 2 atom stereocenters. The fraction of sp³-hybridized carbons (Fsp3) is 0.778. The van der Waals surface area contributed by atoms with Crippen LogP contribution in [-0.2, 0) is 14.3 Å². The molecule has 2 heterocycles. The Bertz CT molecular complexity index is 275. The number of urea groups is 1. The molecule has 84 valence electrons. The van der Waals surface area contributed by atoms with Gasteiger partial charge in [-0.15, -0.1) is 0 Å². The molecule has 6 nitrogen and oxygen atoms in total. The Labute approximate surface area is 87.5 Å². The molecule has 2 aliphatic rings. The number of ether oxygens (including phenoxy) is 2. The van der Waals surface area contributed by atoms with Crippen LogP contribution in [0.2, 0.25) is 0 Å². The number of nitrogens with zero attached hydrogens (tertiary/aromatic N) is 1. The van der Waals surface area contributed by atoms with Crippen LogP contribution >= 0.6 is 0 Å². The molecule has 15 heavy (non-hydrogen) atoms. The zero-order chi connectivity index (χ0) is 10.8. The maximum atomic E-state index is 11.8. The number of amides is 3. The lowest BCUT2D eigenvalue weighted by Gasteiger charge is -2.33. The summed E-state index contributed by atoms with van der Waals surface area (Å²) in [5, 5.41) is 2.63. The largest absolute Gasteiger partial charge is 0.379 e. The van der Waals surface area contributed by atoms with E-state index in [1.54, 1.807) is 0 Å². The molecule has 3 amide bonds. The van der Waals surface area contributed by atoms with Gasteiger partial charge < -0.3 is 14.8 Å². The molecular formula is C9H14N2O4. The molecular weight excluding hydrogens is 200 g/mol. The van der Waals surface area contributed by atoms with E-state index in [-0.39, 0.29) is 24.5 Å². The second-order valence-corrected chi connectivity index (χ2v) is 3.64. The highest BCUT2D eigenvalue weighted by atomic mass is 16.5. The van der Waals surface area contributed by atoms with E-state index < -0.39 is 6.10 Å². The molecule has 2 aliphatic heterocycles. The summed E-state index contributed by atoms with van der Waals surface area (Å²) in [6.45, 7) is 1.27. The van der Waals surface area contributed by atoms with Crippen molar-refractivity contribution in [1.82, 2.24) is 10.2 Å². The Balaban J connectivity index is 2.11. The van der Waals surface area contributed by atoms with Gasteiger partial charge in [-0.3, -0.25) is 9.69 Å². The SMILES string of the molecule is COC1CNC(=O)N(C2CCOC2)C1=O. The van der Waals surface area contributed by atoms with Crippen LogP contribution in [0.1, 0.15) is 6.42 Å². The maximum absolute atomic E-state index is 11.8. The number of hydrogen-bond acceptors (Lipinski definition) is 4. The van der Waals surface area contributed by atoms with Crippen LogP contribution in [-0.4, -0.2) is 55.9 Å². The molecule has 2 unspecified atom stereocenters. The average Bonchev–Trinajstić information content (AvgIpc) is 2.71. The molecule has 0 aromatic rings. The first-order valence-electron chi connectivity index (χ1n) is 4.95. The van der Waals surface area contributed by atoms with Crippen molar-refractivity contribution in [3.63, 3.8) is 0 Å². The molecule has 2 fully saturated rings. The molecule has 2 saturated heterocycles. The van der Waals surface area contributed by atoms with Crippen molar-refractivity contribution in [3.05, 3.63) is 0 Å². The zero-order valence-corrected chi connectivity index (χ0v) is 8.56. The molecule has 0 aromatic heterocycles. The van der Waals surface area contributed by atoms with E-state index in [0.717, 1.165) is 0 Å². The Morgan fingerprint density at radius 2 is 2.33 bits per heavy atom. The molecule has 6 heteroatoms. The Hall–Kier alpha value is -1.14. The highest BCUT2D eigenvalue weighted by Crippen LogP contribution is 2.16. The van der Waals surface area contributed by atoms with E-state index >= 15 is 0 Å². The number of carbonyl (C=O) groups is 2. The second kappa shape index (κ2) is 4.16. The third-order valence-corrected chi connectivity index (χ3v) is 2.73. The van der Waals surface area contributed by atoms with Crippen molar-refractivity contribution in [2.75, 3.05) is 26.9 Å². The maximum Gasteiger partial charge on any atom is 0.324 e. The predicted octanol–water partition coefficient (Wildman–Crippen LogP) is -0.658. The lowest BCUT2D eigenvalue weighted by Crippen LogP contribution is -2.61. The van der Waals surface area contributed by atoms with Gasteiger partial charge >= 0.3 is 6.03 Å². The van der Waals surface area contributed by atoms with Gasteiger partial charge in [-0.25, -0.2) is 4.79 Å². The predicted molar refractivity (Wildman–Crippen MR) is 50.3 cm³/mol. The average molecular weight is 214 g/mol. The molecule has 2 rings (SSSR count). The minimum absolute atomic E-state index is 0.143. The van der Waals surface area contributed by atoms with Gasteiger partial charge in [-0.1, -0.05) is 0 Å². The topological polar surface area (TPSA) is 67.9 Å². The van der Waals surface area contributed by atoms with Crippen LogP contribution in [0.3, 0.4) is 0 Å². The molecule has 0 radical (unpaired) electrons. The van der Waals surface area contributed by atoms with Crippen LogP contribution < -0.4 is 5.32 Å². The second-order valence-electron chi connectivity index (χ2n) is 3.64. The smallest absolute Gasteiger partial charge is 0.324 e.